The van der Waals surface area contributed by atoms with Crippen LogP contribution in [0.5, 0.6) is 5.88 Å². The number of nitrogens with zero attached hydrogens (tertiary/aromatic N) is 2. The van der Waals surface area contributed by atoms with Gasteiger partial charge in [-0.2, -0.15) is 0 Å². The zero-order valence-corrected chi connectivity index (χ0v) is 6.32. The Labute approximate surface area is 64.9 Å². The van der Waals surface area contributed by atoms with Crippen LogP contribution in [0.3, 0.4) is 0 Å². The van der Waals surface area contributed by atoms with E-state index in [1.807, 2.05) is 0 Å². The highest BCUT2D eigenvalue weighted by Crippen LogP contribution is 2.09. The first-order chi connectivity index (χ1) is 5.38. The second-order valence-electron chi connectivity index (χ2n) is 1.99. The molecule has 1 aromatic rings. The van der Waals surface area contributed by atoms with E-state index in [2.05, 4.69) is 9.97 Å². The lowest BCUT2D eigenvalue weighted by molar-refractivity contribution is 0.293. The molecule has 0 aliphatic rings. The minimum Gasteiger partial charge on any atom is -0.480 e. The highest BCUT2D eigenvalue weighted by Gasteiger charge is 2.02. The minimum atomic E-state index is 0.0645. The van der Waals surface area contributed by atoms with Crippen molar-refractivity contribution in [3.05, 3.63) is 18.1 Å². The zero-order chi connectivity index (χ0) is 8.10. The fourth-order valence-electron chi connectivity index (χ4n) is 0.802. The molecule has 0 aliphatic carbocycles. The van der Waals surface area contributed by atoms with Crippen molar-refractivity contribution in [3.63, 3.8) is 0 Å². The molecule has 0 aromatic carbocycles. The summed E-state index contributed by atoms with van der Waals surface area (Å²) in [5.41, 5.74) is 0.692. The van der Waals surface area contributed by atoms with Gasteiger partial charge < -0.3 is 9.84 Å². The predicted octanol–water partition coefficient (Wildman–Crippen LogP) is 0.0200. The van der Waals surface area contributed by atoms with E-state index in [-0.39, 0.29) is 6.61 Å². The van der Waals surface area contributed by atoms with E-state index >= 15 is 0 Å². The summed E-state index contributed by atoms with van der Waals surface area (Å²) in [4.78, 5) is 7.91. The zero-order valence-electron chi connectivity index (χ0n) is 6.32. The Bertz CT molecular complexity index is 227. The highest BCUT2D eigenvalue weighted by atomic mass is 16.5. The molecule has 11 heavy (non-hydrogen) atoms. The number of ether oxygens (including phenoxy) is 1. The molecule has 0 amide bonds. The van der Waals surface area contributed by atoms with Crippen molar-refractivity contribution in [3.8, 4) is 5.88 Å². The number of hydrogen-bond donors (Lipinski definition) is 1. The Morgan fingerprint density at radius 1 is 1.45 bits per heavy atom. The molecule has 4 heteroatoms. The van der Waals surface area contributed by atoms with Gasteiger partial charge in [-0.05, 0) is 0 Å². The molecule has 4 nitrogen and oxygen atoms in total. The molecule has 1 heterocycles. The van der Waals surface area contributed by atoms with Gasteiger partial charge in [0.2, 0.25) is 5.88 Å². The number of rotatable bonds is 3. The van der Waals surface area contributed by atoms with E-state index in [1.54, 1.807) is 12.4 Å². The topological polar surface area (TPSA) is 55.2 Å². The molecule has 0 bridgehead atoms. The first-order valence-corrected chi connectivity index (χ1v) is 3.33. The van der Waals surface area contributed by atoms with Crippen LogP contribution in [0.25, 0.3) is 0 Å². The molecule has 1 N–H and O–H groups in total. The van der Waals surface area contributed by atoms with E-state index < -0.39 is 0 Å². The second kappa shape index (κ2) is 3.88. The van der Waals surface area contributed by atoms with Crippen molar-refractivity contribution in [1.29, 1.82) is 0 Å². The Morgan fingerprint density at radius 3 is 2.82 bits per heavy atom. The Hall–Kier alpha value is -1.16. The number of methoxy groups -OCH3 is 1. The van der Waals surface area contributed by atoms with Gasteiger partial charge in [0.25, 0.3) is 0 Å². The molecule has 0 saturated heterocycles. The fraction of sp³-hybridized carbons (Fsp3) is 0.429. The van der Waals surface area contributed by atoms with Crippen molar-refractivity contribution in [2.45, 2.75) is 6.42 Å². The molecule has 0 saturated carbocycles. The molecule has 0 fully saturated rings. The predicted molar refractivity (Wildman–Crippen MR) is 39.4 cm³/mol. The van der Waals surface area contributed by atoms with Gasteiger partial charge in [-0.25, -0.2) is 4.98 Å². The van der Waals surface area contributed by atoms with Crippen molar-refractivity contribution in [2.75, 3.05) is 13.7 Å². The van der Waals surface area contributed by atoms with Crippen molar-refractivity contribution in [2.24, 2.45) is 0 Å². The SMILES string of the molecule is COc1nccnc1CCO. The fourth-order valence-corrected chi connectivity index (χ4v) is 0.802. The summed E-state index contributed by atoms with van der Waals surface area (Å²) in [5, 5.41) is 8.62. The third-order valence-electron chi connectivity index (χ3n) is 1.28. The summed E-state index contributed by atoms with van der Waals surface area (Å²) in [7, 11) is 1.53. The third-order valence-corrected chi connectivity index (χ3v) is 1.28. The third kappa shape index (κ3) is 1.88. The van der Waals surface area contributed by atoms with E-state index in [0.29, 0.717) is 18.0 Å². The molecular formula is C7H10N2O2. The first-order valence-electron chi connectivity index (χ1n) is 3.33. The van der Waals surface area contributed by atoms with Crippen molar-refractivity contribution in [1.82, 2.24) is 9.97 Å². The maximum Gasteiger partial charge on any atom is 0.235 e. The molecule has 0 unspecified atom stereocenters. The van der Waals surface area contributed by atoms with Crippen molar-refractivity contribution < 1.29 is 9.84 Å². The van der Waals surface area contributed by atoms with E-state index in [1.165, 1.54) is 7.11 Å². The van der Waals surface area contributed by atoms with Crippen LogP contribution in [0.2, 0.25) is 0 Å². The Kier molecular flexibility index (Phi) is 2.80. The van der Waals surface area contributed by atoms with Crippen LogP contribution in [0.15, 0.2) is 12.4 Å². The van der Waals surface area contributed by atoms with Crippen LogP contribution >= 0.6 is 0 Å². The van der Waals surface area contributed by atoms with Crippen LogP contribution < -0.4 is 4.74 Å². The van der Waals surface area contributed by atoms with Crippen LogP contribution in [0.1, 0.15) is 5.69 Å². The number of hydrogen-bond acceptors (Lipinski definition) is 4. The molecule has 0 spiro atoms. The summed E-state index contributed by atoms with van der Waals surface area (Å²) < 4.78 is 4.91. The van der Waals surface area contributed by atoms with Gasteiger partial charge in [-0.15, -0.1) is 0 Å². The van der Waals surface area contributed by atoms with Gasteiger partial charge in [0.1, 0.15) is 5.69 Å². The first kappa shape index (κ1) is 7.94. The Morgan fingerprint density at radius 2 is 2.18 bits per heavy atom. The quantitative estimate of drug-likeness (QED) is 0.666. The maximum absolute atomic E-state index is 8.62. The van der Waals surface area contributed by atoms with Gasteiger partial charge in [-0.3, -0.25) is 4.98 Å². The smallest absolute Gasteiger partial charge is 0.235 e. The Balaban J connectivity index is 2.83. The summed E-state index contributed by atoms with van der Waals surface area (Å²) in [6, 6.07) is 0. The van der Waals surface area contributed by atoms with E-state index in [0.717, 1.165) is 0 Å². The molecule has 1 aromatic heterocycles. The van der Waals surface area contributed by atoms with Crippen LogP contribution in [-0.2, 0) is 6.42 Å². The average Bonchev–Trinajstić information content (AvgIpc) is 2.06. The molecule has 60 valence electrons. The summed E-state index contributed by atoms with van der Waals surface area (Å²) in [6.07, 6.45) is 3.62. The number of aliphatic hydroxyl groups is 1. The van der Waals surface area contributed by atoms with Crippen LogP contribution in [0, 0.1) is 0 Å². The normalized spacial score (nSPS) is 9.64. The summed E-state index contributed by atoms with van der Waals surface area (Å²) >= 11 is 0. The highest BCUT2D eigenvalue weighted by molar-refractivity contribution is 5.16. The molecule has 0 aliphatic heterocycles. The van der Waals surface area contributed by atoms with Gasteiger partial charge in [0, 0.05) is 25.4 Å². The second-order valence-corrected chi connectivity index (χ2v) is 1.99. The monoisotopic (exact) mass is 154 g/mol. The summed E-state index contributed by atoms with van der Waals surface area (Å²) in [5.74, 6) is 0.488. The molecule has 0 radical (unpaired) electrons. The number of aliphatic hydroxyl groups excluding tert-OH is 1. The molecule has 0 atom stereocenters. The van der Waals surface area contributed by atoms with Crippen LogP contribution in [-0.4, -0.2) is 28.8 Å². The number of aromatic nitrogens is 2. The standard InChI is InChI=1S/C7H10N2O2/c1-11-7-6(2-5-10)8-3-4-9-7/h3-4,10H,2,5H2,1H3. The van der Waals surface area contributed by atoms with Gasteiger partial charge in [0.05, 0.1) is 7.11 Å². The maximum atomic E-state index is 8.62. The molecular weight excluding hydrogens is 144 g/mol. The molecule has 1 rings (SSSR count). The minimum absolute atomic E-state index is 0.0645. The van der Waals surface area contributed by atoms with Crippen molar-refractivity contribution >= 4 is 0 Å². The van der Waals surface area contributed by atoms with Gasteiger partial charge in [-0.1, -0.05) is 0 Å². The lowest BCUT2D eigenvalue weighted by Gasteiger charge is -2.02. The largest absolute Gasteiger partial charge is 0.480 e. The van der Waals surface area contributed by atoms with E-state index in [4.69, 9.17) is 9.84 Å². The average molecular weight is 154 g/mol. The van der Waals surface area contributed by atoms with Gasteiger partial charge in [0.15, 0.2) is 0 Å². The van der Waals surface area contributed by atoms with Crippen LogP contribution in [0.4, 0.5) is 0 Å². The summed E-state index contributed by atoms with van der Waals surface area (Å²) in [6.45, 7) is 0.0645. The van der Waals surface area contributed by atoms with Gasteiger partial charge >= 0.3 is 0 Å². The van der Waals surface area contributed by atoms with E-state index in [9.17, 15) is 0 Å². The lowest BCUT2D eigenvalue weighted by Crippen LogP contribution is -2.00. The lowest BCUT2D eigenvalue weighted by atomic mass is 10.3.